The molecule has 0 aliphatic carbocycles. The third kappa shape index (κ3) is 5.09. The lowest BCUT2D eigenvalue weighted by Crippen LogP contribution is -1.97. The van der Waals surface area contributed by atoms with E-state index in [2.05, 4.69) is 52.8 Å². The molecule has 0 spiro atoms. The van der Waals surface area contributed by atoms with Crippen LogP contribution >= 0.6 is 23.1 Å². The van der Waals surface area contributed by atoms with Crippen molar-refractivity contribution in [3.05, 3.63) is 76.1 Å². The predicted molar refractivity (Wildman–Crippen MR) is 121 cm³/mol. The molecule has 0 aliphatic rings. The molecule has 4 rings (SSSR count). The SMILES string of the molecule is CCc1ccc(-c2nc(CSc3nnc(COc4cc(C)ccc4C)o3)cs2)cc1. The molecule has 0 saturated carbocycles. The van der Waals surface area contributed by atoms with Gasteiger partial charge in [0.15, 0.2) is 6.61 Å². The Kier molecular flexibility index (Phi) is 6.50. The van der Waals surface area contributed by atoms with Gasteiger partial charge in [0.05, 0.1) is 5.69 Å². The Balaban J connectivity index is 1.32. The van der Waals surface area contributed by atoms with Gasteiger partial charge in [0.25, 0.3) is 11.1 Å². The zero-order valence-electron chi connectivity index (χ0n) is 17.2. The van der Waals surface area contributed by atoms with E-state index in [0.717, 1.165) is 39.6 Å². The second-order valence-corrected chi connectivity index (χ2v) is 8.79. The Labute approximate surface area is 184 Å². The van der Waals surface area contributed by atoms with E-state index in [9.17, 15) is 0 Å². The summed E-state index contributed by atoms with van der Waals surface area (Å²) in [5, 5.41) is 11.8. The fraction of sp³-hybridized carbons (Fsp3) is 0.261. The van der Waals surface area contributed by atoms with Gasteiger partial charge in [-0.2, -0.15) is 0 Å². The van der Waals surface area contributed by atoms with Crippen LogP contribution in [-0.4, -0.2) is 15.2 Å². The van der Waals surface area contributed by atoms with E-state index >= 15 is 0 Å². The number of benzene rings is 2. The van der Waals surface area contributed by atoms with Crippen LogP contribution in [0, 0.1) is 13.8 Å². The highest BCUT2D eigenvalue weighted by Crippen LogP contribution is 2.28. The van der Waals surface area contributed by atoms with Crippen molar-refractivity contribution in [2.45, 2.75) is 44.8 Å². The lowest BCUT2D eigenvalue weighted by Gasteiger charge is -2.07. The molecule has 7 heteroatoms. The van der Waals surface area contributed by atoms with Crippen molar-refractivity contribution in [2.75, 3.05) is 0 Å². The van der Waals surface area contributed by atoms with Gasteiger partial charge in [0, 0.05) is 16.7 Å². The average molecular weight is 438 g/mol. The van der Waals surface area contributed by atoms with Crippen LogP contribution in [0.1, 0.15) is 35.2 Å². The number of hydrogen-bond acceptors (Lipinski definition) is 7. The molecule has 0 aliphatic heterocycles. The number of nitrogens with zero attached hydrogens (tertiary/aromatic N) is 3. The number of aromatic nitrogens is 3. The average Bonchev–Trinajstić information content (AvgIpc) is 3.42. The molecule has 0 N–H and O–H groups in total. The Morgan fingerprint density at radius 3 is 2.70 bits per heavy atom. The highest BCUT2D eigenvalue weighted by molar-refractivity contribution is 7.98. The first kappa shape index (κ1) is 20.6. The molecule has 0 bridgehead atoms. The summed E-state index contributed by atoms with van der Waals surface area (Å²) in [5.74, 6) is 1.99. The minimum Gasteiger partial charge on any atom is -0.484 e. The van der Waals surface area contributed by atoms with Crippen LogP contribution in [0.2, 0.25) is 0 Å². The van der Waals surface area contributed by atoms with Crippen molar-refractivity contribution in [3.63, 3.8) is 0 Å². The van der Waals surface area contributed by atoms with Crippen molar-refractivity contribution in [1.82, 2.24) is 15.2 Å². The molecule has 0 fully saturated rings. The maximum absolute atomic E-state index is 5.83. The van der Waals surface area contributed by atoms with Crippen molar-refractivity contribution in [2.24, 2.45) is 0 Å². The third-order valence-corrected chi connectivity index (χ3v) is 6.44. The zero-order valence-corrected chi connectivity index (χ0v) is 18.8. The largest absolute Gasteiger partial charge is 0.484 e. The molecule has 0 atom stereocenters. The van der Waals surface area contributed by atoms with E-state index in [0.29, 0.717) is 16.9 Å². The number of ether oxygens (including phenoxy) is 1. The Hall–Kier alpha value is -2.64. The summed E-state index contributed by atoms with van der Waals surface area (Å²) in [7, 11) is 0. The zero-order chi connectivity index (χ0) is 20.9. The Bertz CT molecular complexity index is 1120. The summed E-state index contributed by atoms with van der Waals surface area (Å²) in [4.78, 5) is 4.73. The Morgan fingerprint density at radius 1 is 1.07 bits per heavy atom. The van der Waals surface area contributed by atoms with Gasteiger partial charge in [-0.1, -0.05) is 55.1 Å². The molecular formula is C23H23N3O2S2. The van der Waals surface area contributed by atoms with Crippen LogP contribution in [-0.2, 0) is 18.8 Å². The summed E-state index contributed by atoms with van der Waals surface area (Å²) in [6, 6.07) is 14.7. The van der Waals surface area contributed by atoms with Gasteiger partial charge in [0.2, 0.25) is 0 Å². The van der Waals surface area contributed by atoms with E-state index < -0.39 is 0 Å². The van der Waals surface area contributed by atoms with E-state index in [4.69, 9.17) is 14.1 Å². The second-order valence-electron chi connectivity index (χ2n) is 7.00. The maximum atomic E-state index is 5.83. The second kappa shape index (κ2) is 9.45. The highest BCUT2D eigenvalue weighted by Gasteiger charge is 2.11. The van der Waals surface area contributed by atoms with Crippen molar-refractivity contribution < 1.29 is 9.15 Å². The molecule has 30 heavy (non-hydrogen) atoms. The quantitative estimate of drug-likeness (QED) is 0.304. The van der Waals surface area contributed by atoms with E-state index in [1.54, 1.807) is 11.3 Å². The smallest absolute Gasteiger partial charge is 0.277 e. The lowest BCUT2D eigenvalue weighted by molar-refractivity contribution is 0.250. The number of thioether (sulfide) groups is 1. The topological polar surface area (TPSA) is 61.0 Å². The van der Waals surface area contributed by atoms with Crippen LogP contribution in [0.3, 0.4) is 0 Å². The molecule has 0 amide bonds. The normalized spacial score (nSPS) is 11.0. The Morgan fingerprint density at radius 2 is 1.90 bits per heavy atom. The highest BCUT2D eigenvalue weighted by atomic mass is 32.2. The molecule has 154 valence electrons. The predicted octanol–water partition coefficient (Wildman–Crippen LogP) is 6.24. The molecule has 5 nitrogen and oxygen atoms in total. The van der Waals surface area contributed by atoms with E-state index in [1.807, 2.05) is 26.0 Å². The number of rotatable bonds is 8. The minimum atomic E-state index is 0.256. The monoisotopic (exact) mass is 437 g/mol. The van der Waals surface area contributed by atoms with Crippen LogP contribution in [0.25, 0.3) is 10.6 Å². The molecule has 2 heterocycles. The summed E-state index contributed by atoms with van der Waals surface area (Å²) >= 11 is 3.14. The van der Waals surface area contributed by atoms with Crippen molar-refractivity contribution in [3.8, 4) is 16.3 Å². The third-order valence-electron chi connectivity index (χ3n) is 4.65. The van der Waals surface area contributed by atoms with Crippen molar-refractivity contribution in [1.29, 1.82) is 0 Å². The van der Waals surface area contributed by atoms with Gasteiger partial charge >= 0.3 is 0 Å². The van der Waals surface area contributed by atoms with Gasteiger partial charge in [-0.05, 0) is 43.0 Å². The molecule has 0 radical (unpaired) electrons. The molecule has 4 aromatic rings. The minimum absolute atomic E-state index is 0.256. The van der Waals surface area contributed by atoms with Crippen molar-refractivity contribution >= 4 is 23.1 Å². The molecule has 0 unspecified atom stereocenters. The molecule has 2 aromatic carbocycles. The summed E-state index contributed by atoms with van der Waals surface area (Å²) in [5.41, 5.74) is 5.72. The number of aryl methyl sites for hydroxylation is 3. The maximum Gasteiger partial charge on any atom is 0.277 e. The fourth-order valence-electron chi connectivity index (χ4n) is 2.88. The first-order valence-corrected chi connectivity index (χ1v) is 11.7. The van der Waals surface area contributed by atoms with Crippen LogP contribution in [0.15, 0.2) is 57.5 Å². The lowest BCUT2D eigenvalue weighted by atomic mass is 10.1. The van der Waals surface area contributed by atoms with Crippen LogP contribution < -0.4 is 4.74 Å². The summed E-state index contributed by atoms with van der Waals surface area (Å²) < 4.78 is 11.5. The fourth-order valence-corrected chi connectivity index (χ4v) is 4.49. The van der Waals surface area contributed by atoms with Gasteiger partial charge in [-0.25, -0.2) is 4.98 Å². The van der Waals surface area contributed by atoms with Gasteiger partial charge < -0.3 is 9.15 Å². The standard InChI is InChI=1S/C23H23N3O2S2/c1-4-17-7-9-18(10-8-17)22-24-19(13-29-22)14-30-23-26-25-21(28-23)12-27-20-11-15(2)5-6-16(20)3/h5-11,13H,4,12,14H2,1-3H3. The molecule has 2 aromatic heterocycles. The van der Waals surface area contributed by atoms with Gasteiger partial charge in [0.1, 0.15) is 10.8 Å². The first-order chi connectivity index (χ1) is 14.6. The van der Waals surface area contributed by atoms with Gasteiger partial charge in [-0.15, -0.1) is 21.5 Å². The number of hydrogen-bond donors (Lipinski definition) is 0. The van der Waals surface area contributed by atoms with E-state index in [1.165, 1.54) is 17.3 Å². The first-order valence-electron chi connectivity index (χ1n) is 9.79. The summed E-state index contributed by atoms with van der Waals surface area (Å²) in [6.45, 7) is 6.47. The summed E-state index contributed by atoms with van der Waals surface area (Å²) in [6.07, 6.45) is 1.04. The van der Waals surface area contributed by atoms with Crippen LogP contribution in [0.4, 0.5) is 0 Å². The van der Waals surface area contributed by atoms with Gasteiger partial charge in [-0.3, -0.25) is 0 Å². The molecular weight excluding hydrogens is 414 g/mol. The van der Waals surface area contributed by atoms with Crippen LogP contribution in [0.5, 0.6) is 5.75 Å². The number of thiazole rings is 1. The molecule has 0 saturated heterocycles. The van der Waals surface area contributed by atoms with E-state index in [-0.39, 0.29) is 6.61 Å².